The van der Waals surface area contributed by atoms with E-state index < -0.39 is 0 Å². The third-order valence-electron chi connectivity index (χ3n) is 3.44. The SMILES string of the molecule is C=C(C)OC(=O)C(CC)c1ccc2cc(OC)ccc2c1. The molecule has 0 amide bonds. The van der Waals surface area contributed by atoms with Crippen molar-refractivity contribution in [1.82, 2.24) is 0 Å². The second kappa shape index (κ2) is 6.44. The van der Waals surface area contributed by atoms with E-state index in [4.69, 9.17) is 9.47 Å². The lowest BCUT2D eigenvalue weighted by atomic mass is 9.94. The second-order valence-electron chi connectivity index (χ2n) is 5.06. The summed E-state index contributed by atoms with van der Waals surface area (Å²) in [6, 6.07) is 11.9. The molecule has 0 N–H and O–H groups in total. The third-order valence-corrected chi connectivity index (χ3v) is 3.44. The Kier molecular flexibility index (Phi) is 4.63. The fourth-order valence-corrected chi connectivity index (χ4v) is 2.37. The smallest absolute Gasteiger partial charge is 0.318 e. The van der Waals surface area contributed by atoms with Gasteiger partial charge in [-0.1, -0.05) is 37.8 Å². The van der Waals surface area contributed by atoms with Gasteiger partial charge in [0, 0.05) is 0 Å². The average molecular weight is 284 g/mol. The molecule has 3 heteroatoms. The number of rotatable bonds is 5. The largest absolute Gasteiger partial charge is 0.497 e. The van der Waals surface area contributed by atoms with E-state index in [9.17, 15) is 4.79 Å². The van der Waals surface area contributed by atoms with Crippen molar-refractivity contribution in [3.05, 3.63) is 54.3 Å². The topological polar surface area (TPSA) is 35.5 Å². The number of benzene rings is 2. The summed E-state index contributed by atoms with van der Waals surface area (Å²) in [4.78, 5) is 12.1. The predicted octanol–water partition coefficient (Wildman–Crippen LogP) is 4.42. The highest BCUT2D eigenvalue weighted by Gasteiger charge is 2.20. The van der Waals surface area contributed by atoms with Crippen molar-refractivity contribution < 1.29 is 14.3 Å². The molecule has 0 aliphatic heterocycles. The molecule has 2 aromatic carbocycles. The number of methoxy groups -OCH3 is 1. The van der Waals surface area contributed by atoms with Crippen LogP contribution in [0.5, 0.6) is 5.75 Å². The number of carbonyl (C=O) groups excluding carboxylic acids is 1. The van der Waals surface area contributed by atoms with Gasteiger partial charge in [-0.15, -0.1) is 0 Å². The Morgan fingerprint density at radius 2 is 1.86 bits per heavy atom. The number of allylic oxidation sites excluding steroid dienone is 1. The lowest BCUT2D eigenvalue weighted by Gasteiger charge is -2.15. The Morgan fingerprint density at radius 1 is 1.19 bits per heavy atom. The molecule has 0 heterocycles. The van der Waals surface area contributed by atoms with E-state index in [-0.39, 0.29) is 11.9 Å². The van der Waals surface area contributed by atoms with Crippen LogP contribution in [-0.4, -0.2) is 13.1 Å². The average Bonchev–Trinajstić information content (AvgIpc) is 2.46. The third kappa shape index (κ3) is 3.43. The number of hydrogen-bond donors (Lipinski definition) is 0. The summed E-state index contributed by atoms with van der Waals surface area (Å²) in [6.07, 6.45) is 0.688. The number of carbonyl (C=O) groups is 1. The number of fused-ring (bicyclic) bond motifs is 1. The quantitative estimate of drug-likeness (QED) is 0.602. The van der Waals surface area contributed by atoms with Gasteiger partial charge in [0.1, 0.15) is 5.75 Å². The maximum Gasteiger partial charge on any atom is 0.318 e. The number of esters is 1. The highest BCUT2D eigenvalue weighted by molar-refractivity contribution is 5.87. The van der Waals surface area contributed by atoms with E-state index in [0.29, 0.717) is 12.2 Å². The summed E-state index contributed by atoms with van der Waals surface area (Å²) in [6.45, 7) is 7.27. The lowest BCUT2D eigenvalue weighted by Crippen LogP contribution is -2.14. The maximum atomic E-state index is 12.1. The monoisotopic (exact) mass is 284 g/mol. The molecule has 0 aromatic heterocycles. The zero-order chi connectivity index (χ0) is 15.4. The van der Waals surface area contributed by atoms with E-state index in [1.165, 1.54) is 0 Å². The minimum Gasteiger partial charge on any atom is -0.497 e. The standard InChI is InChI=1S/C18H20O3/c1-5-17(18(19)21-12(2)3)15-7-6-14-11-16(20-4)9-8-13(14)10-15/h6-11,17H,2,5H2,1,3-4H3. The van der Waals surface area contributed by atoms with Crippen molar-refractivity contribution in [3.63, 3.8) is 0 Å². The summed E-state index contributed by atoms with van der Waals surface area (Å²) in [7, 11) is 1.65. The molecular weight excluding hydrogens is 264 g/mol. The molecule has 0 fully saturated rings. The summed E-state index contributed by atoms with van der Waals surface area (Å²) in [5.74, 6) is 0.721. The first-order valence-electron chi connectivity index (χ1n) is 7.00. The molecule has 1 unspecified atom stereocenters. The zero-order valence-electron chi connectivity index (χ0n) is 12.7. The Balaban J connectivity index is 2.36. The summed E-state index contributed by atoms with van der Waals surface area (Å²) in [5, 5.41) is 2.16. The van der Waals surface area contributed by atoms with E-state index >= 15 is 0 Å². The van der Waals surface area contributed by atoms with Crippen LogP contribution in [0.3, 0.4) is 0 Å². The van der Waals surface area contributed by atoms with Crippen LogP contribution >= 0.6 is 0 Å². The van der Waals surface area contributed by atoms with Crippen molar-refractivity contribution in [1.29, 1.82) is 0 Å². The van der Waals surface area contributed by atoms with E-state index in [0.717, 1.165) is 22.1 Å². The van der Waals surface area contributed by atoms with Crippen molar-refractivity contribution in [2.24, 2.45) is 0 Å². The minimum atomic E-state index is -0.270. The van der Waals surface area contributed by atoms with Crippen LogP contribution in [0.25, 0.3) is 10.8 Å². The summed E-state index contributed by atoms with van der Waals surface area (Å²) in [5.41, 5.74) is 0.960. The molecule has 0 spiro atoms. The highest BCUT2D eigenvalue weighted by Crippen LogP contribution is 2.27. The molecule has 1 atom stereocenters. The fraction of sp³-hybridized carbons (Fsp3) is 0.278. The Hall–Kier alpha value is -2.29. The van der Waals surface area contributed by atoms with Crippen molar-refractivity contribution in [2.45, 2.75) is 26.2 Å². The molecule has 3 nitrogen and oxygen atoms in total. The normalized spacial score (nSPS) is 12.0. The molecule has 0 radical (unpaired) electrons. The van der Waals surface area contributed by atoms with Gasteiger partial charge in [-0.25, -0.2) is 0 Å². The Morgan fingerprint density at radius 3 is 2.48 bits per heavy atom. The minimum absolute atomic E-state index is 0.252. The molecule has 2 rings (SSSR count). The molecule has 0 saturated heterocycles. The van der Waals surface area contributed by atoms with Crippen molar-refractivity contribution in [2.75, 3.05) is 7.11 Å². The lowest BCUT2D eigenvalue weighted by molar-refractivity contribution is -0.141. The molecule has 21 heavy (non-hydrogen) atoms. The maximum absolute atomic E-state index is 12.1. The van der Waals surface area contributed by atoms with Gasteiger partial charge in [-0.2, -0.15) is 0 Å². The van der Waals surface area contributed by atoms with E-state index in [1.54, 1.807) is 14.0 Å². The molecule has 0 aliphatic rings. The first kappa shape index (κ1) is 15.1. The Labute approximate surface area is 125 Å². The van der Waals surface area contributed by atoms with Crippen LogP contribution in [0.15, 0.2) is 48.7 Å². The van der Waals surface area contributed by atoms with Gasteiger partial charge in [0.15, 0.2) is 0 Å². The van der Waals surface area contributed by atoms with Crippen molar-refractivity contribution in [3.8, 4) is 5.75 Å². The van der Waals surface area contributed by atoms with Crippen LogP contribution in [0.1, 0.15) is 31.7 Å². The molecule has 0 bridgehead atoms. The van der Waals surface area contributed by atoms with Gasteiger partial charge in [0.25, 0.3) is 0 Å². The van der Waals surface area contributed by atoms with Crippen molar-refractivity contribution >= 4 is 16.7 Å². The Bertz CT molecular complexity index is 673. The zero-order valence-corrected chi connectivity index (χ0v) is 12.7. The van der Waals surface area contributed by atoms with Crippen LogP contribution < -0.4 is 4.74 Å². The van der Waals surface area contributed by atoms with E-state index in [2.05, 4.69) is 6.58 Å². The molecule has 0 aliphatic carbocycles. The van der Waals surface area contributed by atoms with Crippen LogP contribution in [-0.2, 0) is 9.53 Å². The van der Waals surface area contributed by atoms with Gasteiger partial charge in [-0.3, -0.25) is 4.79 Å². The first-order chi connectivity index (χ1) is 10.0. The van der Waals surface area contributed by atoms with E-state index in [1.807, 2.05) is 43.3 Å². The second-order valence-corrected chi connectivity index (χ2v) is 5.06. The highest BCUT2D eigenvalue weighted by atomic mass is 16.5. The van der Waals surface area contributed by atoms with Crippen LogP contribution in [0.2, 0.25) is 0 Å². The van der Waals surface area contributed by atoms with Gasteiger partial charge < -0.3 is 9.47 Å². The number of ether oxygens (including phenoxy) is 2. The summed E-state index contributed by atoms with van der Waals surface area (Å²) < 4.78 is 10.4. The first-order valence-corrected chi connectivity index (χ1v) is 7.00. The van der Waals surface area contributed by atoms with Gasteiger partial charge >= 0.3 is 5.97 Å². The summed E-state index contributed by atoms with van der Waals surface area (Å²) >= 11 is 0. The van der Waals surface area contributed by atoms with Gasteiger partial charge in [0.05, 0.1) is 18.8 Å². The fourth-order valence-electron chi connectivity index (χ4n) is 2.37. The van der Waals surface area contributed by atoms with Crippen LogP contribution in [0, 0.1) is 0 Å². The molecule has 0 saturated carbocycles. The molecular formula is C18H20O3. The van der Waals surface area contributed by atoms with Crippen LogP contribution in [0.4, 0.5) is 0 Å². The molecule has 110 valence electrons. The number of hydrogen-bond acceptors (Lipinski definition) is 3. The van der Waals surface area contributed by atoms with Gasteiger partial charge in [-0.05, 0) is 41.8 Å². The predicted molar refractivity (Wildman–Crippen MR) is 84.4 cm³/mol. The molecule has 2 aromatic rings. The van der Waals surface area contributed by atoms with Gasteiger partial charge in [0.2, 0.25) is 0 Å².